The Balaban J connectivity index is 1.54. The van der Waals surface area contributed by atoms with E-state index < -0.39 is 12.1 Å². The quantitative estimate of drug-likeness (QED) is 0.567. The lowest BCUT2D eigenvalue weighted by atomic mass is 10.0. The Labute approximate surface area is 171 Å². The number of carbonyl (C=O) groups excluding carboxylic acids is 3. The first kappa shape index (κ1) is 20.9. The number of imide groups is 1. The van der Waals surface area contributed by atoms with Crippen LogP contribution in [0.4, 0.5) is 4.79 Å². The zero-order chi connectivity index (χ0) is 21.0. The molecule has 7 heteroatoms. The molecule has 4 amide bonds. The zero-order valence-corrected chi connectivity index (χ0v) is 17.3. The molecule has 1 aromatic heterocycles. The molecule has 1 saturated heterocycles. The molecule has 156 valence electrons. The van der Waals surface area contributed by atoms with Crippen LogP contribution in [0.1, 0.15) is 45.6 Å². The monoisotopic (exact) mass is 398 g/mol. The molecule has 3 rings (SSSR count). The summed E-state index contributed by atoms with van der Waals surface area (Å²) in [6, 6.07) is 6.67. The van der Waals surface area contributed by atoms with Gasteiger partial charge in [-0.2, -0.15) is 0 Å². The number of amides is 4. The van der Waals surface area contributed by atoms with Gasteiger partial charge in [0, 0.05) is 29.6 Å². The average Bonchev–Trinajstić information content (AvgIpc) is 3.18. The van der Waals surface area contributed by atoms with E-state index in [-0.39, 0.29) is 24.4 Å². The fourth-order valence-electron chi connectivity index (χ4n) is 3.75. The fourth-order valence-corrected chi connectivity index (χ4v) is 3.75. The molecule has 0 bridgehead atoms. The summed E-state index contributed by atoms with van der Waals surface area (Å²) in [7, 11) is 0. The lowest BCUT2D eigenvalue weighted by Crippen LogP contribution is -2.43. The number of H-pyrrole nitrogens is 1. The molecule has 2 aromatic rings. The molecule has 0 spiro atoms. The molecule has 1 aliphatic heterocycles. The van der Waals surface area contributed by atoms with Gasteiger partial charge in [-0.15, -0.1) is 0 Å². The van der Waals surface area contributed by atoms with E-state index in [2.05, 4.69) is 29.5 Å². The lowest BCUT2D eigenvalue weighted by molar-refractivity contribution is -0.132. The van der Waals surface area contributed by atoms with Crippen LogP contribution >= 0.6 is 0 Å². The van der Waals surface area contributed by atoms with Gasteiger partial charge in [-0.3, -0.25) is 14.5 Å². The Hall–Kier alpha value is -2.83. The average molecular weight is 399 g/mol. The number of fused-ring (bicyclic) bond motifs is 1. The fraction of sp³-hybridized carbons (Fsp3) is 0.500. The first-order valence-corrected chi connectivity index (χ1v) is 10.3. The second kappa shape index (κ2) is 9.11. The van der Waals surface area contributed by atoms with Crippen molar-refractivity contribution in [2.45, 2.75) is 58.5 Å². The number of nitrogens with zero attached hydrogens (tertiary/aromatic N) is 1. The van der Waals surface area contributed by atoms with Crippen LogP contribution in [-0.2, 0) is 16.0 Å². The molecule has 0 saturated carbocycles. The van der Waals surface area contributed by atoms with Crippen molar-refractivity contribution in [2.24, 2.45) is 5.92 Å². The molecular weight excluding hydrogens is 368 g/mol. The number of hydrogen-bond donors (Lipinski definition) is 3. The van der Waals surface area contributed by atoms with Gasteiger partial charge in [0.25, 0.3) is 5.91 Å². The van der Waals surface area contributed by atoms with E-state index in [1.165, 1.54) is 0 Å². The van der Waals surface area contributed by atoms with Gasteiger partial charge in [0.15, 0.2) is 0 Å². The summed E-state index contributed by atoms with van der Waals surface area (Å²) in [6.07, 6.45) is 5.28. The van der Waals surface area contributed by atoms with E-state index in [9.17, 15) is 14.4 Å². The normalized spacial score (nSPS) is 17.8. The van der Waals surface area contributed by atoms with Gasteiger partial charge in [0.05, 0.1) is 0 Å². The maximum Gasteiger partial charge on any atom is 0.325 e. The van der Waals surface area contributed by atoms with Crippen molar-refractivity contribution in [1.29, 1.82) is 0 Å². The highest BCUT2D eigenvalue weighted by Crippen LogP contribution is 2.21. The standard InChI is InChI=1S/C22H30N4O3/c1-14(2)7-6-8-15(3)24-20(27)13-26-21(28)19(25-22(26)29)11-16-12-23-18-10-5-4-9-17(16)18/h4-5,9-10,12,14-15,19,23H,6-8,11,13H2,1-3H3,(H,24,27)(H,25,29)/t15-,19+/m0/s1. The van der Waals surface area contributed by atoms with Crippen LogP contribution in [0.15, 0.2) is 30.5 Å². The number of aromatic amines is 1. The minimum absolute atomic E-state index is 0.0176. The van der Waals surface area contributed by atoms with Gasteiger partial charge in [-0.1, -0.05) is 44.9 Å². The number of hydrogen-bond acceptors (Lipinski definition) is 3. The van der Waals surface area contributed by atoms with E-state index in [4.69, 9.17) is 0 Å². The summed E-state index contributed by atoms with van der Waals surface area (Å²) in [4.78, 5) is 41.5. The second-order valence-electron chi connectivity index (χ2n) is 8.28. The van der Waals surface area contributed by atoms with E-state index in [1.54, 1.807) is 0 Å². The molecule has 29 heavy (non-hydrogen) atoms. The minimum Gasteiger partial charge on any atom is -0.361 e. The second-order valence-corrected chi connectivity index (χ2v) is 8.28. The Morgan fingerprint density at radius 2 is 1.93 bits per heavy atom. The van der Waals surface area contributed by atoms with Gasteiger partial charge in [-0.25, -0.2) is 4.79 Å². The van der Waals surface area contributed by atoms with Gasteiger partial charge < -0.3 is 15.6 Å². The van der Waals surface area contributed by atoms with E-state index in [0.29, 0.717) is 12.3 Å². The van der Waals surface area contributed by atoms with Crippen molar-refractivity contribution in [3.05, 3.63) is 36.0 Å². The molecule has 1 fully saturated rings. The van der Waals surface area contributed by atoms with Crippen LogP contribution in [0.5, 0.6) is 0 Å². The maximum atomic E-state index is 12.7. The number of para-hydroxylation sites is 1. The first-order valence-electron chi connectivity index (χ1n) is 10.3. The number of benzene rings is 1. The van der Waals surface area contributed by atoms with Gasteiger partial charge in [-0.05, 0) is 30.9 Å². The number of carbonyl (C=O) groups is 3. The van der Waals surface area contributed by atoms with Crippen LogP contribution in [0.2, 0.25) is 0 Å². The summed E-state index contributed by atoms with van der Waals surface area (Å²) < 4.78 is 0. The summed E-state index contributed by atoms with van der Waals surface area (Å²) in [5.41, 5.74) is 1.95. The molecule has 0 aliphatic carbocycles. The molecule has 2 heterocycles. The zero-order valence-electron chi connectivity index (χ0n) is 17.3. The van der Waals surface area contributed by atoms with Crippen LogP contribution in [0, 0.1) is 5.92 Å². The number of rotatable bonds is 9. The van der Waals surface area contributed by atoms with E-state index in [1.807, 2.05) is 37.4 Å². The van der Waals surface area contributed by atoms with Gasteiger partial charge in [0.2, 0.25) is 5.91 Å². The van der Waals surface area contributed by atoms with Crippen molar-refractivity contribution in [3.8, 4) is 0 Å². The van der Waals surface area contributed by atoms with E-state index >= 15 is 0 Å². The highest BCUT2D eigenvalue weighted by Gasteiger charge is 2.39. The highest BCUT2D eigenvalue weighted by molar-refractivity contribution is 6.06. The van der Waals surface area contributed by atoms with Crippen molar-refractivity contribution in [3.63, 3.8) is 0 Å². The van der Waals surface area contributed by atoms with Crippen LogP contribution in [0.3, 0.4) is 0 Å². The molecule has 1 aromatic carbocycles. The van der Waals surface area contributed by atoms with Crippen LogP contribution in [0.25, 0.3) is 10.9 Å². The molecule has 0 unspecified atom stereocenters. The van der Waals surface area contributed by atoms with Crippen molar-refractivity contribution in [1.82, 2.24) is 20.5 Å². The Bertz CT molecular complexity index is 889. The largest absolute Gasteiger partial charge is 0.361 e. The molecular formula is C22H30N4O3. The summed E-state index contributed by atoms with van der Waals surface area (Å²) in [5.74, 6) is -0.0286. The molecule has 0 radical (unpaired) electrons. The van der Waals surface area contributed by atoms with E-state index in [0.717, 1.165) is 40.6 Å². The minimum atomic E-state index is -0.655. The number of aromatic nitrogens is 1. The Kier molecular flexibility index (Phi) is 6.56. The molecule has 3 N–H and O–H groups in total. The Morgan fingerprint density at radius 3 is 2.69 bits per heavy atom. The predicted molar refractivity (Wildman–Crippen MR) is 112 cm³/mol. The molecule has 1 aliphatic rings. The van der Waals surface area contributed by atoms with Gasteiger partial charge >= 0.3 is 6.03 Å². The number of urea groups is 1. The van der Waals surface area contributed by atoms with Crippen molar-refractivity contribution < 1.29 is 14.4 Å². The maximum absolute atomic E-state index is 12.7. The third-order valence-corrected chi connectivity index (χ3v) is 5.33. The smallest absolute Gasteiger partial charge is 0.325 e. The van der Waals surface area contributed by atoms with Crippen LogP contribution < -0.4 is 10.6 Å². The van der Waals surface area contributed by atoms with Crippen LogP contribution in [-0.4, -0.2) is 46.4 Å². The highest BCUT2D eigenvalue weighted by atomic mass is 16.2. The lowest BCUT2D eigenvalue weighted by Gasteiger charge is -2.17. The Morgan fingerprint density at radius 1 is 1.17 bits per heavy atom. The first-order chi connectivity index (χ1) is 13.8. The molecule has 7 nitrogen and oxygen atoms in total. The third kappa shape index (κ3) is 5.16. The van der Waals surface area contributed by atoms with Crippen molar-refractivity contribution in [2.75, 3.05) is 6.54 Å². The summed E-state index contributed by atoms with van der Waals surface area (Å²) in [6.45, 7) is 6.05. The van der Waals surface area contributed by atoms with Gasteiger partial charge in [0.1, 0.15) is 12.6 Å². The predicted octanol–water partition coefficient (Wildman–Crippen LogP) is 2.96. The summed E-state index contributed by atoms with van der Waals surface area (Å²) >= 11 is 0. The number of nitrogens with one attached hydrogen (secondary N) is 3. The topological polar surface area (TPSA) is 94.3 Å². The van der Waals surface area contributed by atoms with Crippen molar-refractivity contribution >= 4 is 28.7 Å². The summed E-state index contributed by atoms with van der Waals surface area (Å²) in [5, 5.41) is 6.62. The molecule has 2 atom stereocenters. The third-order valence-electron chi connectivity index (χ3n) is 5.33. The SMILES string of the molecule is CC(C)CCC[C@H](C)NC(=O)CN1C(=O)N[C@H](Cc2c[nH]c3ccccc23)C1=O.